The van der Waals surface area contributed by atoms with E-state index in [1.807, 2.05) is 121 Å². The minimum absolute atomic E-state index is 0.0734. The summed E-state index contributed by atoms with van der Waals surface area (Å²) in [5.41, 5.74) is 32.9. The van der Waals surface area contributed by atoms with Gasteiger partial charge in [0.1, 0.15) is 30.5 Å². The number of rotatable bonds is 18. The van der Waals surface area contributed by atoms with Crippen LogP contribution in [0.4, 0.5) is 0 Å². The van der Waals surface area contributed by atoms with Gasteiger partial charge in [-0.1, -0.05) is 143 Å². The van der Waals surface area contributed by atoms with Gasteiger partial charge in [-0.15, -0.1) is 6.58 Å². The van der Waals surface area contributed by atoms with Crippen molar-refractivity contribution in [3.63, 3.8) is 0 Å². The van der Waals surface area contributed by atoms with E-state index in [2.05, 4.69) is 36.7 Å². The molecule has 0 aromatic heterocycles. The van der Waals surface area contributed by atoms with E-state index in [4.69, 9.17) is 28.4 Å². The Hall–Kier alpha value is -5.69. The van der Waals surface area contributed by atoms with E-state index >= 15 is 0 Å². The van der Waals surface area contributed by atoms with Gasteiger partial charge < -0.3 is 28.4 Å². The van der Waals surface area contributed by atoms with Gasteiger partial charge in [-0.3, -0.25) is 0 Å². The highest BCUT2D eigenvalue weighted by Gasteiger charge is 2.52. The molecule has 10 atom stereocenters. The Bertz CT molecular complexity index is 1960. The molecule has 0 spiro atoms. The van der Waals surface area contributed by atoms with Crippen LogP contribution in [0.5, 0.6) is 0 Å². The lowest BCUT2D eigenvalue weighted by Gasteiger charge is -2.48. The topological polar surface area (TPSA) is 202 Å². The van der Waals surface area contributed by atoms with E-state index in [0.717, 1.165) is 22.3 Å². The predicted molar refractivity (Wildman–Crippen MR) is 207 cm³/mol. The lowest BCUT2D eigenvalue weighted by molar-refractivity contribution is -0.299. The van der Waals surface area contributed by atoms with Gasteiger partial charge in [0.2, 0.25) is 0 Å². The highest BCUT2D eigenvalue weighted by atomic mass is 16.7. The van der Waals surface area contributed by atoms with Gasteiger partial charge in [-0.2, -0.15) is 0 Å². The molecule has 56 heavy (non-hydrogen) atoms. The first kappa shape index (κ1) is 40.0. The SMILES string of the molecule is C=C[C@H]1O[C@H](O[C@H]2[C@H](OCc3ccccc3)[C@@H](OCc3ccccc3)[C@H](N=[N+]=[N-])C[C@@H]2N=[N+]=[N-])[C@H](N=[N+]=[N-])[C@@H](OCc2ccccc2)[C@@H]1OCc1ccccc1. The van der Waals surface area contributed by atoms with Crippen LogP contribution in [0.25, 0.3) is 31.3 Å². The Morgan fingerprint density at radius 1 is 0.536 bits per heavy atom. The molecule has 15 nitrogen and oxygen atoms in total. The molecule has 4 aromatic carbocycles. The van der Waals surface area contributed by atoms with E-state index in [1.165, 1.54) is 0 Å². The summed E-state index contributed by atoms with van der Waals surface area (Å²) in [5.74, 6) is 0. The Morgan fingerprint density at radius 2 is 0.929 bits per heavy atom. The van der Waals surface area contributed by atoms with Crippen LogP contribution in [0, 0.1) is 0 Å². The molecule has 2 fully saturated rings. The second kappa shape index (κ2) is 20.8. The van der Waals surface area contributed by atoms with Gasteiger partial charge in [-0.05, 0) is 45.3 Å². The molecular weight excluding hydrogens is 715 g/mol. The van der Waals surface area contributed by atoms with Gasteiger partial charge >= 0.3 is 0 Å². The number of benzene rings is 4. The molecule has 1 aliphatic heterocycles. The van der Waals surface area contributed by atoms with Crippen LogP contribution in [0.15, 0.2) is 149 Å². The van der Waals surface area contributed by atoms with Crippen LogP contribution in [0.3, 0.4) is 0 Å². The Labute approximate surface area is 324 Å². The van der Waals surface area contributed by atoms with Gasteiger partial charge in [0, 0.05) is 14.7 Å². The fourth-order valence-corrected chi connectivity index (χ4v) is 7.00. The molecule has 1 saturated carbocycles. The second-order valence-corrected chi connectivity index (χ2v) is 13.3. The molecule has 0 N–H and O–H groups in total. The fourth-order valence-electron chi connectivity index (χ4n) is 7.00. The third-order valence-corrected chi connectivity index (χ3v) is 9.69. The third-order valence-electron chi connectivity index (χ3n) is 9.69. The molecule has 0 amide bonds. The van der Waals surface area contributed by atoms with Crippen molar-refractivity contribution in [2.24, 2.45) is 15.3 Å². The Kier molecular flexibility index (Phi) is 14.9. The molecule has 6 rings (SSSR count). The van der Waals surface area contributed by atoms with Gasteiger partial charge in [0.15, 0.2) is 6.29 Å². The smallest absolute Gasteiger partial charge is 0.170 e. The standard InChI is InChI=1S/C41H43N9O6/c1-2-34-38(52-25-29-17-9-4-10-18-29)39(53-26-30-19-11-5-12-20-30)35(47-50-44)41(55-34)56-37-33(46-49-43)23-32(45-48-42)36(51-24-28-15-7-3-8-16-28)40(37)54-27-31-21-13-6-14-22-31/h2-22,32-41H,1,23-27H2/t32-,33+,34-,35-,36+,37-,38-,39-,40-,41-/m1/s1. The average molecular weight is 758 g/mol. The molecule has 1 aliphatic carbocycles. The summed E-state index contributed by atoms with van der Waals surface area (Å²) in [6, 6.07) is 35.5. The first-order valence-electron chi connectivity index (χ1n) is 18.3. The number of hydrogen-bond donors (Lipinski definition) is 0. The molecular formula is C41H43N9O6. The zero-order valence-electron chi connectivity index (χ0n) is 30.6. The summed E-state index contributed by atoms with van der Waals surface area (Å²) < 4.78 is 39.5. The van der Waals surface area contributed by atoms with Crippen LogP contribution in [0.1, 0.15) is 28.7 Å². The first-order chi connectivity index (χ1) is 27.6. The van der Waals surface area contributed by atoms with Crippen molar-refractivity contribution < 1.29 is 28.4 Å². The Morgan fingerprint density at radius 3 is 1.36 bits per heavy atom. The van der Waals surface area contributed by atoms with Crippen molar-refractivity contribution in [3.05, 3.63) is 188 Å². The molecule has 288 valence electrons. The summed E-state index contributed by atoms with van der Waals surface area (Å²) in [5, 5.41) is 12.4. The maximum absolute atomic E-state index is 9.95. The lowest BCUT2D eigenvalue weighted by Crippen LogP contribution is -2.63. The maximum Gasteiger partial charge on any atom is 0.170 e. The van der Waals surface area contributed by atoms with Crippen LogP contribution >= 0.6 is 0 Å². The summed E-state index contributed by atoms with van der Waals surface area (Å²) in [7, 11) is 0. The number of azide groups is 3. The van der Waals surface area contributed by atoms with Crippen LogP contribution < -0.4 is 0 Å². The van der Waals surface area contributed by atoms with E-state index in [-0.39, 0.29) is 32.8 Å². The summed E-state index contributed by atoms with van der Waals surface area (Å²) in [4.78, 5) is 9.42. The van der Waals surface area contributed by atoms with Crippen molar-refractivity contribution in [1.29, 1.82) is 0 Å². The number of nitrogens with zero attached hydrogens (tertiary/aromatic N) is 9. The van der Waals surface area contributed by atoms with Crippen LogP contribution in [0.2, 0.25) is 0 Å². The number of ether oxygens (including phenoxy) is 6. The van der Waals surface area contributed by atoms with Gasteiger partial charge in [0.25, 0.3) is 0 Å². The van der Waals surface area contributed by atoms with Crippen LogP contribution in [-0.2, 0) is 54.8 Å². The van der Waals surface area contributed by atoms with E-state index in [9.17, 15) is 16.6 Å². The van der Waals surface area contributed by atoms with Crippen molar-refractivity contribution >= 4 is 0 Å². The van der Waals surface area contributed by atoms with Crippen molar-refractivity contribution in [3.8, 4) is 0 Å². The summed E-state index contributed by atoms with van der Waals surface area (Å²) in [6.45, 7) is 4.72. The predicted octanol–water partition coefficient (Wildman–Crippen LogP) is 9.06. The average Bonchev–Trinajstić information content (AvgIpc) is 3.24. The minimum Gasteiger partial charge on any atom is -0.370 e. The zero-order valence-corrected chi connectivity index (χ0v) is 30.6. The molecule has 0 unspecified atom stereocenters. The first-order valence-corrected chi connectivity index (χ1v) is 18.3. The Balaban J connectivity index is 1.36. The third kappa shape index (κ3) is 10.5. The molecule has 1 saturated heterocycles. The molecule has 2 aliphatic rings. The molecule has 1 heterocycles. The minimum atomic E-state index is -1.26. The lowest BCUT2D eigenvalue weighted by atomic mass is 9.83. The molecule has 4 aromatic rings. The normalized spacial score (nSPS) is 27.1. The second-order valence-electron chi connectivity index (χ2n) is 13.3. The zero-order chi connectivity index (χ0) is 39.0. The van der Waals surface area contributed by atoms with E-state index < -0.39 is 61.0 Å². The monoisotopic (exact) mass is 757 g/mol. The van der Waals surface area contributed by atoms with E-state index in [1.54, 1.807) is 6.08 Å². The number of hydrogen-bond acceptors (Lipinski definition) is 9. The molecule has 0 radical (unpaired) electrons. The van der Waals surface area contributed by atoms with Crippen molar-refractivity contribution in [2.75, 3.05) is 0 Å². The maximum atomic E-state index is 9.95. The van der Waals surface area contributed by atoms with Crippen molar-refractivity contribution in [1.82, 2.24) is 0 Å². The van der Waals surface area contributed by atoms with Gasteiger partial charge in [0.05, 0.1) is 50.7 Å². The quantitative estimate of drug-likeness (QED) is 0.0419. The largest absolute Gasteiger partial charge is 0.370 e. The molecule has 0 bridgehead atoms. The van der Waals surface area contributed by atoms with E-state index in [0.29, 0.717) is 0 Å². The molecule has 15 heteroatoms. The fraction of sp³-hybridized carbons (Fsp3) is 0.366. The van der Waals surface area contributed by atoms with Crippen LogP contribution in [-0.4, -0.2) is 61.0 Å². The highest BCUT2D eigenvalue weighted by molar-refractivity contribution is 5.17. The highest BCUT2D eigenvalue weighted by Crippen LogP contribution is 2.37. The van der Waals surface area contributed by atoms with Gasteiger partial charge in [-0.25, -0.2) is 0 Å². The summed E-state index contributed by atoms with van der Waals surface area (Å²) >= 11 is 0. The summed E-state index contributed by atoms with van der Waals surface area (Å²) in [6.07, 6.45) is -4.90. The van der Waals surface area contributed by atoms with Crippen molar-refractivity contribution in [2.45, 2.75) is 93.9 Å².